The Morgan fingerprint density at radius 1 is 1.08 bits per heavy atom. The normalized spacial score (nSPS) is 15.5. The zero-order chi connectivity index (χ0) is 27.8. The van der Waals surface area contributed by atoms with Gasteiger partial charge in [0.2, 0.25) is 0 Å². The molecular formula is C23H26F6N2O5S. The van der Waals surface area contributed by atoms with Gasteiger partial charge >= 0.3 is 24.3 Å². The first kappa shape index (κ1) is 30.5. The van der Waals surface area contributed by atoms with Crippen molar-refractivity contribution in [3.8, 4) is 0 Å². The molecule has 1 aliphatic carbocycles. The summed E-state index contributed by atoms with van der Waals surface area (Å²) in [6, 6.07) is 4.48. The van der Waals surface area contributed by atoms with Crippen LogP contribution in [0.4, 0.5) is 26.3 Å². The van der Waals surface area contributed by atoms with Gasteiger partial charge in [-0.2, -0.15) is 26.3 Å². The van der Waals surface area contributed by atoms with Gasteiger partial charge in [0.05, 0.1) is 6.61 Å². The zero-order valence-electron chi connectivity index (χ0n) is 19.7. The fourth-order valence-corrected chi connectivity index (χ4v) is 4.23. The van der Waals surface area contributed by atoms with E-state index >= 15 is 0 Å². The molecule has 2 N–H and O–H groups in total. The molecule has 2 aromatic rings. The van der Waals surface area contributed by atoms with Crippen molar-refractivity contribution in [2.75, 3.05) is 13.2 Å². The van der Waals surface area contributed by atoms with Gasteiger partial charge in [-0.05, 0) is 60.9 Å². The molecule has 14 heteroatoms. The molecule has 2 aliphatic rings. The van der Waals surface area contributed by atoms with E-state index in [0.29, 0.717) is 0 Å². The Morgan fingerprint density at radius 2 is 1.68 bits per heavy atom. The third-order valence-corrected chi connectivity index (χ3v) is 6.26. The molecule has 0 radical (unpaired) electrons. The van der Waals surface area contributed by atoms with E-state index in [-0.39, 0.29) is 0 Å². The SMILES string of the molecule is Cc1ccc(CN2CCc3c(COCC4CC4)cncc3C2)s1.O=C(O)C(F)(F)F.O=C(O)C(F)(F)F. The van der Waals surface area contributed by atoms with Gasteiger partial charge in [-0.1, -0.05) is 0 Å². The summed E-state index contributed by atoms with van der Waals surface area (Å²) in [4.78, 5) is 27.6. The summed E-state index contributed by atoms with van der Waals surface area (Å²) >= 11 is 1.91. The maximum absolute atomic E-state index is 10.6. The van der Waals surface area contributed by atoms with Crippen LogP contribution in [0.15, 0.2) is 24.5 Å². The molecule has 1 saturated carbocycles. The molecular weight excluding hydrogens is 530 g/mol. The number of ether oxygens (including phenoxy) is 1. The molecule has 0 saturated heterocycles. The lowest BCUT2D eigenvalue weighted by atomic mass is 9.97. The van der Waals surface area contributed by atoms with Crippen molar-refractivity contribution >= 4 is 23.3 Å². The minimum absolute atomic E-state index is 0.733. The minimum atomic E-state index is -5.08. The predicted octanol–water partition coefficient (Wildman–Crippen LogP) is 5.20. The first-order chi connectivity index (χ1) is 17.2. The van der Waals surface area contributed by atoms with E-state index in [0.717, 1.165) is 45.2 Å². The number of aliphatic carboxylic acids is 2. The number of thiophene rings is 1. The van der Waals surface area contributed by atoms with Crippen LogP contribution in [0.1, 0.15) is 39.3 Å². The van der Waals surface area contributed by atoms with Crippen molar-refractivity contribution in [2.45, 2.75) is 58.2 Å². The summed E-state index contributed by atoms with van der Waals surface area (Å²) in [6.07, 6.45) is -2.30. The highest BCUT2D eigenvalue weighted by molar-refractivity contribution is 7.11. The van der Waals surface area contributed by atoms with E-state index < -0.39 is 24.3 Å². The van der Waals surface area contributed by atoms with Gasteiger partial charge in [-0.15, -0.1) is 11.3 Å². The lowest BCUT2D eigenvalue weighted by Gasteiger charge is -2.29. The Hall–Kier alpha value is -2.71. The van der Waals surface area contributed by atoms with E-state index in [1.807, 2.05) is 23.7 Å². The minimum Gasteiger partial charge on any atom is -0.475 e. The van der Waals surface area contributed by atoms with E-state index in [1.165, 1.54) is 39.3 Å². The number of hydrogen-bond donors (Lipinski definition) is 2. The van der Waals surface area contributed by atoms with Crippen LogP contribution in [0.5, 0.6) is 0 Å². The van der Waals surface area contributed by atoms with Crippen LogP contribution in [0.25, 0.3) is 0 Å². The Kier molecular flexibility index (Phi) is 10.9. The average Bonchev–Trinajstić information content (AvgIpc) is 3.53. The van der Waals surface area contributed by atoms with E-state index in [1.54, 1.807) is 0 Å². The molecule has 4 rings (SSSR count). The molecule has 3 heterocycles. The third kappa shape index (κ3) is 11.1. The van der Waals surface area contributed by atoms with Crippen LogP contribution in [-0.4, -0.2) is 57.5 Å². The van der Waals surface area contributed by atoms with Crippen molar-refractivity contribution in [1.82, 2.24) is 9.88 Å². The zero-order valence-corrected chi connectivity index (χ0v) is 20.5. The number of carbonyl (C=O) groups is 2. The molecule has 2 aromatic heterocycles. The second kappa shape index (κ2) is 13.2. The van der Waals surface area contributed by atoms with E-state index in [9.17, 15) is 26.3 Å². The van der Waals surface area contributed by atoms with Crippen LogP contribution < -0.4 is 0 Å². The number of carboxylic acid groups (broad SMARTS) is 2. The molecule has 37 heavy (non-hydrogen) atoms. The fraction of sp³-hybridized carbons (Fsp3) is 0.522. The number of fused-ring (bicyclic) bond motifs is 1. The van der Waals surface area contributed by atoms with Crippen LogP contribution >= 0.6 is 11.3 Å². The molecule has 7 nitrogen and oxygen atoms in total. The molecule has 1 aliphatic heterocycles. The molecule has 0 aromatic carbocycles. The molecule has 0 amide bonds. The Bertz CT molecular complexity index is 1030. The molecule has 0 bridgehead atoms. The van der Waals surface area contributed by atoms with Gasteiger partial charge in [-0.25, -0.2) is 9.59 Å². The van der Waals surface area contributed by atoms with Crippen LogP contribution in [0.2, 0.25) is 0 Å². The summed E-state index contributed by atoms with van der Waals surface area (Å²) < 4.78 is 69.4. The largest absolute Gasteiger partial charge is 0.490 e. The van der Waals surface area contributed by atoms with Crippen molar-refractivity contribution in [1.29, 1.82) is 0 Å². The lowest BCUT2D eigenvalue weighted by molar-refractivity contribution is -0.193. The topological polar surface area (TPSA) is 100.0 Å². The lowest BCUT2D eigenvalue weighted by Crippen LogP contribution is -2.30. The van der Waals surface area contributed by atoms with E-state index in [2.05, 4.69) is 28.9 Å². The third-order valence-electron chi connectivity index (χ3n) is 5.28. The predicted molar refractivity (Wildman–Crippen MR) is 121 cm³/mol. The number of rotatable bonds is 6. The summed E-state index contributed by atoms with van der Waals surface area (Å²) in [5, 5.41) is 14.2. The molecule has 0 atom stereocenters. The Morgan fingerprint density at radius 3 is 2.16 bits per heavy atom. The highest BCUT2D eigenvalue weighted by atomic mass is 32.1. The standard InChI is InChI=1S/C19H24N2OS.2C2HF3O2/c1-14-2-5-18(23-14)11-21-7-6-19-16(10-21)8-20-9-17(19)13-22-12-15-3-4-15;2*3-2(4,5)1(6)7/h2,5,8-9,15H,3-4,6-7,10-13H2,1H3;2*(H,6,7). The van der Waals surface area contributed by atoms with Crippen molar-refractivity contribution in [3.05, 3.63) is 51.0 Å². The van der Waals surface area contributed by atoms with Crippen molar-refractivity contribution < 1.29 is 50.9 Å². The molecule has 0 unspecified atom stereocenters. The molecule has 1 fully saturated rings. The van der Waals surface area contributed by atoms with Gasteiger partial charge in [0.25, 0.3) is 0 Å². The highest BCUT2D eigenvalue weighted by Gasteiger charge is 2.38. The number of hydrogen-bond acceptors (Lipinski definition) is 6. The number of alkyl halides is 6. The van der Waals surface area contributed by atoms with Gasteiger partial charge in [0.1, 0.15) is 0 Å². The molecule has 206 valence electrons. The number of carboxylic acids is 2. The highest BCUT2D eigenvalue weighted by Crippen LogP contribution is 2.30. The molecule has 0 spiro atoms. The van der Waals surface area contributed by atoms with Gasteiger partial charge in [0.15, 0.2) is 0 Å². The smallest absolute Gasteiger partial charge is 0.475 e. The van der Waals surface area contributed by atoms with Crippen molar-refractivity contribution in [2.24, 2.45) is 5.92 Å². The second-order valence-corrected chi connectivity index (χ2v) is 9.85. The van der Waals surface area contributed by atoms with Gasteiger partial charge in [-0.3, -0.25) is 9.88 Å². The van der Waals surface area contributed by atoms with Crippen molar-refractivity contribution in [3.63, 3.8) is 0 Å². The Balaban J connectivity index is 0.000000286. The summed E-state index contributed by atoms with van der Waals surface area (Å²) in [6.45, 7) is 7.03. The fourth-order valence-electron chi connectivity index (χ4n) is 3.30. The number of nitrogens with zero attached hydrogens (tertiary/aromatic N) is 2. The number of aromatic nitrogens is 1. The first-order valence-electron chi connectivity index (χ1n) is 11.1. The van der Waals surface area contributed by atoms with Crippen LogP contribution in [0.3, 0.4) is 0 Å². The Labute approximate surface area is 212 Å². The van der Waals surface area contributed by atoms with Gasteiger partial charge in [0, 0.05) is 48.4 Å². The monoisotopic (exact) mass is 556 g/mol. The number of halogens is 6. The summed E-state index contributed by atoms with van der Waals surface area (Å²) in [7, 11) is 0. The van der Waals surface area contributed by atoms with Crippen LogP contribution in [-0.2, 0) is 40.4 Å². The summed E-state index contributed by atoms with van der Waals surface area (Å²) in [5.41, 5.74) is 4.17. The maximum Gasteiger partial charge on any atom is 0.490 e. The van der Waals surface area contributed by atoms with Crippen LogP contribution in [0, 0.1) is 12.8 Å². The second-order valence-electron chi connectivity index (χ2n) is 8.47. The number of pyridine rings is 1. The first-order valence-corrected chi connectivity index (χ1v) is 11.9. The van der Waals surface area contributed by atoms with E-state index in [4.69, 9.17) is 24.5 Å². The van der Waals surface area contributed by atoms with Gasteiger partial charge < -0.3 is 14.9 Å². The maximum atomic E-state index is 10.6. The quantitative estimate of drug-likeness (QED) is 0.472. The average molecular weight is 557 g/mol. The number of aryl methyl sites for hydroxylation is 1. The summed E-state index contributed by atoms with van der Waals surface area (Å²) in [5.74, 6) is -4.69.